The van der Waals surface area contributed by atoms with Crippen LogP contribution in [0.15, 0.2) is 0 Å². The molecule has 2 amide bonds. The minimum atomic E-state index is -2.64. The first-order valence-electron chi connectivity index (χ1n) is 9.48. The molecule has 0 unspecified atom stereocenters. The molecule has 0 bridgehead atoms. The molecular formula is C20H36N2O7. The van der Waals surface area contributed by atoms with Crippen LogP contribution in [0.3, 0.4) is 0 Å². The van der Waals surface area contributed by atoms with Crippen molar-refractivity contribution in [2.24, 2.45) is 11.7 Å². The van der Waals surface area contributed by atoms with Gasteiger partial charge in [-0.05, 0) is 67.7 Å². The van der Waals surface area contributed by atoms with Crippen LogP contribution in [-0.2, 0) is 23.9 Å². The van der Waals surface area contributed by atoms with Crippen molar-refractivity contribution < 1.29 is 33.8 Å². The molecular weight excluding hydrogens is 380 g/mol. The standard InChI is InChI=1S/C20H36N2O7/c1-12(2)11-20(14(24)25,15(26)28-17(3,4)5)22(13(23)19(9,10)21)16(27)29-18(6,7)8/h12H,11,21H2,1-10H3,(H,24,25)/t20-/m0/s1. The minimum absolute atomic E-state index is 0.314. The van der Waals surface area contributed by atoms with Gasteiger partial charge >= 0.3 is 18.0 Å². The number of carbonyl (C=O) groups excluding carboxylic acids is 3. The lowest BCUT2D eigenvalue weighted by Crippen LogP contribution is -2.70. The van der Waals surface area contributed by atoms with Crippen LogP contribution in [0.1, 0.15) is 75.7 Å². The van der Waals surface area contributed by atoms with Crippen molar-refractivity contribution in [2.45, 2.75) is 97.9 Å². The van der Waals surface area contributed by atoms with Crippen LogP contribution in [0.25, 0.3) is 0 Å². The highest BCUT2D eigenvalue weighted by Gasteiger charge is 2.60. The number of rotatable bonds is 6. The maximum absolute atomic E-state index is 13.2. The maximum Gasteiger partial charge on any atom is 0.418 e. The Morgan fingerprint density at radius 3 is 1.59 bits per heavy atom. The van der Waals surface area contributed by atoms with E-state index < -0.39 is 52.1 Å². The molecule has 168 valence electrons. The summed E-state index contributed by atoms with van der Waals surface area (Å²) in [6.45, 7) is 15.3. The second-order valence-corrected chi connectivity index (χ2v) is 10.1. The van der Waals surface area contributed by atoms with E-state index >= 15 is 0 Å². The number of carboxylic acids is 1. The number of amides is 2. The number of imide groups is 1. The predicted molar refractivity (Wildman–Crippen MR) is 107 cm³/mol. The average Bonchev–Trinajstić information content (AvgIpc) is 2.40. The van der Waals surface area contributed by atoms with E-state index in [4.69, 9.17) is 15.2 Å². The van der Waals surface area contributed by atoms with Gasteiger partial charge in [0.25, 0.3) is 5.91 Å². The summed E-state index contributed by atoms with van der Waals surface area (Å²) < 4.78 is 10.6. The lowest BCUT2D eigenvalue weighted by Gasteiger charge is -2.41. The van der Waals surface area contributed by atoms with Crippen LogP contribution in [0, 0.1) is 5.92 Å². The Morgan fingerprint density at radius 2 is 1.31 bits per heavy atom. The summed E-state index contributed by atoms with van der Waals surface area (Å²) in [6.07, 6.45) is -1.66. The van der Waals surface area contributed by atoms with E-state index in [9.17, 15) is 24.3 Å². The van der Waals surface area contributed by atoms with Crippen molar-refractivity contribution in [3.05, 3.63) is 0 Å². The Hall–Kier alpha value is -2.16. The van der Waals surface area contributed by atoms with Crippen LogP contribution in [-0.4, -0.2) is 56.2 Å². The topological polar surface area (TPSA) is 136 Å². The molecule has 0 saturated carbocycles. The third-order valence-corrected chi connectivity index (χ3v) is 3.51. The van der Waals surface area contributed by atoms with Crippen LogP contribution in [0.5, 0.6) is 0 Å². The number of carboxylic acid groups (broad SMARTS) is 1. The fraction of sp³-hybridized carbons (Fsp3) is 0.800. The molecule has 29 heavy (non-hydrogen) atoms. The molecule has 0 saturated heterocycles. The van der Waals surface area contributed by atoms with E-state index in [0.29, 0.717) is 4.90 Å². The molecule has 0 rings (SSSR count). The van der Waals surface area contributed by atoms with Crippen molar-refractivity contribution >= 4 is 23.9 Å². The number of carbonyl (C=O) groups is 4. The third-order valence-electron chi connectivity index (χ3n) is 3.51. The molecule has 0 aliphatic carbocycles. The molecule has 0 aliphatic rings. The van der Waals surface area contributed by atoms with E-state index in [1.165, 1.54) is 13.8 Å². The number of hydrogen-bond acceptors (Lipinski definition) is 7. The Labute approximate surface area is 172 Å². The average molecular weight is 417 g/mol. The number of ether oxygens (including phenoxy) is 2. The fourth-order valence-corrected chi connectivity index (χ4v) is 2.50. The highest BCUT2D eigenvalue weighted by molar-refractivity contribution is 6.13. The first-order chi connectivity index (χ1) is 12.6. The number of hydrogen-bond donors (Lipinski definition) is 2. The molecule has 3 N–H and O–H groups in total. The van der Waals surface area contributed by atoms with Gasteiger partial charge in [-0.15, -0.1) is 0 Å². The van der Waals surface area contributed by atoms with Gasteiger partial charge in [0, 0.05) is 0 Å². The number of esters is 1. The van der Waals surface area contributed by atoms with Crippen molar-refractivity contribution in [3.8, 4) is 0 Å². The minimum Gasteiger partial charge on any atom is -0.479 e. The van der Waals surface area contributed by atoms with Crippen molar-refractivity contribution in [1.82, 2.24) is 4.90 Å². The largest absolute Gasteiger partial charge is 0.479 e. The molecule has 0 radical (unpaired) electrons. The Balaban J connectivity index is 6.91. The molecule has 0 aromatic heterocycles. The molecule has 0 aliphatic heterocycles. The van der Waals surface area contributed by atoms with E-state index in [1.54, 1.807) is 55.4 Å². The monoisotopic (exact) mass is 416 g/mol. The zero-order chi connectivity index (χ0) is 23.6. The second kappa shape index (κ2) is 8.69. The van der Waals surface area contributed by atoms with Crippen molar-refractivity contribution in [3.63, 3.8) is 0 Å². The van der Waals surface area contributed by atoms with Gasteiger partial charge < -0.3 is 20.3 Å². The van der Waals surface area contributed by atoms with Crippen LogP contribution >= 0.6 is 0 Å². The molecule has 9 nitrogen and oxygen atoms in total. The van der Waals surface area contributed by atoms with Gasteiger partial charge in [-0.2, -0.15) is 0 Å². The molecule has 0 aromatic carbocycles. The van der Waals surface area contributed by atoms with E-state index in [2.05, 4.69) is 0 Å². The van der Waals surface area contributed by atoms with Gasteiger partial charge in [-0.25, -0.2) is 19.3 Å². The number of aliphatic carboxylic acids is 1. The van der Waals surface area contributed by atoms with E-state index in [1.807, 2.05) is 0 Å². The lowest BCUT2D eigenvalue weighted by atomic mass is 9.85. The molecule has 0 heterocycles. The SMILES string of the molecule is CC(C)C[C@](C(=O)O)(C(=O)OC(C)(C)C)N(C(=O)OC(C)(C)C)C(=O)C(C)(C)N. The Morgan fingerprint density at radius 1 is 0.897 bits per heavy atom. The summed E-state index contributed by atoms with van der Waals surface area (Å²) >= 11 is 0. The van der Waals surface area contributed by atoms with Gasteiger partial charge in [0.1, 0.15) is 11.2 Å². The molecule has 0 aromatic rings. The second-order valence-electron chi connectivity index (χ2n) is 10.1. The van der Waals surface area contributed by atoms with Gasteiger partial charge in [-0.3, -0.25) is 4.79 Å². The van der Waals surface area contributed by atoms with Crippen LogP contribution < -0.4 is 5.73 Å². The van der Waals surface area contributed by atoms with Gasteiger partial charge in [0.15, 0.2) is 0 Å². The summed E-state index contributed by atoms with van der Waals surface area (Å²) in [7, 11) is 0. The summed E-state index contributed by atoms with van der Waals surface area (Å²) in [5.41, 5.74) is -0.516. The van der Waals surface area contributed by atoms with Gasteiger partial charge in [0.05, 0.1) is 5.54 Å². The molecule has 0 spiro atoms. The van der Waals surface area contributed by atoms with Crippen LogP contribution in [0.2, 0.25) is 0 Å². The summed E-state index contributed by atoms with van der Waals surface area (Å²) in [5, 5.41) is 10.1. The fourth-order valence-electron chi connectivity index (χ4n) is 2.50. The van der Waals surface area contributed by atoms with Crippen LogP contribution in [0.4, 0.5) is 4.79 Å². The van der Waals surface area contributed by atoms with E-state index in [-0.39, 0.29) is 6.42 Å². The van der Waals surface area contributed by atoms with Crippen molar-refractivity contribution in [2.75, 3.05) is 0 Å². The quantitative estimate of drug-likeness (QED) is 0.498. The summed E-state index contributed by atoms with van der Waals surface area (Å²) in [5.74, 6) is -4.41. The smallest absolute Gasteiger partial charge is 0.418 e. The lowest BCUT2D eigenvalue weighted by molar-refractivity contribution is -0.184. The molecule has 1 atom stereocenters. The summed E-state index contributed by atoms with van der Waals surface area (Å²) in [4.78, 5) is 52.1. The predicted octanol–water partition coefficient (Wildman–Crippen LogP) is 2.70. The zero-order valence-corrected chi connectivity index (χ0v) is 19.2. The number of nitrogens with two attached hydrogens (primary N) is 1. The number of nitrogens with zero attached hydrogens (tertiary/aromatic N) is 1. The van der Waals surface area contributed by atoms with E-state index in [0.717, 1.165) is 0 Å². The van der Waals surface area contributed by atoms with Gasteiger partial charge in [0.2, 0.25) is 5.54 Å². The highest BCUT2D eigenvalue weighted by Crippen LogP contribution is 2.32. The maximum atomic E-state index is 13.2. The normalized spacial score (nSPS) is 14.8. The summed E-state index contributed by atoms with van der Waals surface area (Å²) in [6, 6.07) is 0. The first kappa shape index (κ1) is 26.8. The Bertz CT molecular complexity index is 651. The molecule has 9 heteroatoms. The van der Waals surface area contributed by atoms with Gasteiger partial charge in [-0.1, -0.05) is 13.8 Å². The third kappa shape index (κ3) is 7.30. The highest BCUT2D eigenvalue weighted by atomic mass is 16.6. The Kier molecular flexibility index (Phi) is 8.04. The van der Waals surface area contributed by atoms with Crippen molar-refractivity contribution in [1.29, 1.82) is 0 Å². The first-order valence-corrected chi connectivity index (χ1v) is 9.48. The zero-order valence-electron chi connectivity index (χ0n) is 19.2. The molecule has 0 fully saturated rings.